The van der Waals surface area contributed by atoms with Crippen LogP contribution in [0.4, 0.5) is 0 Å². The lowest BCUT2D eigenvalue weighted by atomic mass is 10.6. The lowest BCUT2D eigenvalue weighted by molar-refractivity contribution is -0.108. The largest absolute Gasteiger partial charge is 0.395 e. The number of aliphatic hydroxyl groups is 1. The maximum absolute atomic E-state index is 8.78. The third-order valence-corrected chi connectivity index (χ3v) is 1.25. The number of rotatable bonds is 4. The van der Waals surface area contributed by atoms with E-state index in [2.05, 4.69) is 0 Å². The van der Waals surface area contributed by atoms with Crippen LogP contribution in [-0.2, 0) is 0 Å². The Bertz CT molecular complexity index is 73.6. The first-order valence-corrected chi connectivity index (χ1v) is 3.06. The highest BCUT2D eigenvalue weighted by Gasteiger charge is 2.08. The van der Waals surface area contributed by atoms with Crippen LogP contribution in [0.25, 0.3) is 0 Å². The average Bonchev–Trinajstić information content (AvgIpc) is 1.87. The van der Waals surface area contributed by atoms with E-state index in [1.807, 2.05) is 0 Å². The summed E-state index contributed by atoms with van der Waals surface area (Å²) in [4.78, 5) is 0. The van der Waals surface area contributed by atoms with Crippen LogP contribution >= 0.6 is 11.6 Å². The predicted molar refractivity (Wildman–Crippen MR) is 34.3 cm³/mol. The highest BCUT2D eigenvalue weighted by atomic mass is 35.5. The van der Waals surface area contributed by atoms with Gasteiger partial charge in [0.15, 0.2) is 0 Å². The van der Waals surface area contributed by atoms with E-state index < -0.39 is 5.50 Å². The fourth-order valence-electron chi connectivity index (χ4n) is 0.364. The van der Waals surface area contributed by atoms with Crippen molar-refractivity contribution in [3.63, 3.8) is 0 Å². The summed E-state index contributed by atoms with van der Waals surface area (Å²) in [5.41, 5.74) is 4.49. The predicted octanol–water partition coefficient (Wildman–Crippen LogP) is -0.806. The van der Waals surface area contributed by atoms with Crippen molar-refractivity contribution < 1.29 is 10.3 Å². The molecule has 4 nitrogen and oxygen atoms in total. The Balaban J connectivity index is 3.32. The normalized spacial score (nSPS) is 14.3. The second-order valence-corrected chi connectivity index (χ2v) is 2.06. The van der Waals surface area contributed by atoms with Crippen LogP contribution in [0.1, 0.15) is 0 Å². The Labute approximate surface area is 58.8 Å². The van der Waals surface area contributed by atoms with E-state index in [9.17, 15) is 0 Å². The number of alkyl halides is 1. The molecule has 0 aromatic heterocycles. The van der Waals surface area contributed by atoms with Gasteiger partial charge in [-0.1, -0.05) is 0 Å². The molecular weight excluding hydrogens is 144 g/mol. The van der Waals surface area contributed by atoms with E-state index in [0.717, 1.165) is 5.06 Å². The number of hydrogen-bond donors (Lipinski definition) is 3. The molecule has 9 heavy (non-hydrogen) atoms. The van der Waals surface area contributed by atoms with Crippen LogP contribution in [0.5, 0.6) is 0 Å². The van der Waals surface area contributed by atoms with Gasteiger partial charge in [-0.05, 0) is 0 Å². The number of halogens is 1. The van der Waals surface area contributed by atoms with Crippen molar-refractivity contribution in [2.45, 2.75) is 5.50 Å². The molecule has 4 N–H and O–H groups in total. The molecule has 0 rings (SSSR count). The maximum atomic E-state index is 8.78. The highest BCUT2D eigenvalue weighted by molar-refractivity contribution is 6.20. The first-order valence-electron chi connectivity index (χ1n) is 2.63. The second-order valence-electron chi connectivity index (χ2n) is 1.56. The van der Waals surface area contributed by atoms with Gasteiger partial charge in [-0.15, -0.1) is 11.6 Å². The van der Waals surface area contributed by atoms with Crippen molar-refractivity contribution >= 4 is 11.6 Å². The summed E-state index contributed by atoms with van der Waals surface area (Å²) in [6.07, 6.45) is 0. The van der Waals surface area contributed by atoms with Gasteiger partial charge in [0.1, 0.15) is 5.50 Å². The Morgan fingerprint density at radius 2 is 2.22 bits per heavy atom. The van der Waals surface area contributed by atoms with Crippen LogP contribution in [0, 0.1) is 0 Å². The number of hydroxylamine groups is 2. The molecule has 0 saturated heterocycles. The molecule has 0 amide bonds. The summed E-state index contributed by atoms with van der Waals surface area (Å²) in [5, 5.41) is 17.9. The van der Waals surface area contributed by atoms with Gasteiger partial charge in [-0.2, -0.15) is 5.06 Å². The molecular formula is C4H11ClN2O2. The molecule has 0 bridgehead atoms. The van der Waals surface area contributed by atoms with Gasteiger partial charge in [0.05, 0.1) is 6.61 Å². The van der Waals surface area contributed by atoms with E-state index in [0.29, 0.717) is 0 Å². The van der Waals surface area contributed by atoms with Crippen LogP contribution < -0.4 is 5.73 Å². The number of hydrogen-bond acceptors (Lipinski definition) is 4. The summed E-state index contributed by atoms with van der Waals surface area (Å²) in [6.45, 7) is 0.170. The topological polar surface area (TPSA) is 69.7 Å². The van der Waals surface area contributed by atoms with Gasteiger partial charge in [0.2, 0.25) is 0 Å². The van der Waals surface area contributed by atoms with E-state index in [1.165, 1.54) is 0 Å². The minimum absolute atomic E-state index is 0.125. The SMILES string of the molecule is NCC(Cl)N(O)CCO. The number of aliphatic hydroxyl groups excluding tert-OH is 1. The molecule has 0 aliphatic heterocycles. The smallest absolute Gasteiger partial charge is 0.121 e. The van der Waals surface area contributed by atoms with Crippen molar-refractivity contribution in [2.75, 3.05) is 19.7 Å². The van der Waals surface area contributed by atoms with E-state index >= 15 is 0 Å². The van der Waals surface area contributed by atoms with E-state index in [-0.39, 0.29) is 19.7 Å². The lowest BCUT2D eigenvalue weighted by Crippen LogP contribution is -2.35. The van der Waals surface area contributed by atoms with E-state index in [1.54, 1.807) is 0 Å². The Morgan fingerprint density at radius 1 is 1.67 bits per heavy atom. The number of nitrogens with two attached hydrogens (primary N) is 1. The average molecular weight is 155 g/mol. The van der Waals surface area contributed by atoms with Crippen LogP contribution in [-0.4, -0.2) is 40.6 Å². The molecule has 5 heteroatoms. The van der Waals surface area contributed by atoms with Gasteiger partial charge in [0, 0.05) is 13.1 Å². The van der Waals surface area contributed by atoms with Crippen LogP contribution in [0.15, 0.2) is 0 Å². The molecule has 0 heterocycles. The molecule has 0 spiro atoms. The fraction of sp³-hybridized carbons (Fsp3) is 1.00. The molecule has 56 valence electrons. The van der Waals surface area contributed by atoms with Gasteiger partial charge in [0.25, 0.3) is 0 Å². The second kappa shape index (κ2) is 4.96. The van der Waals surface area contributed by atoms with Crippen molar-refractivity contribution in [2.24, 2.45) is 5.73 Å². The monoisotopic (exact) mass is 154 g/mol. The zero-order valence-corrected chi connectivity index (χ0v) is 5.75. The molecule has 0 fully saturated rings. The number of nitrogens with zero attached hydrogens (tertiary/aromatic N) is 1. The lowest BCUT2D eigenvalue weighted by Gasteiger charge is -2.17. The van der Waals surface area contributed by atoms with E-state index in [4.69, 9.17) is 27.6 Å². The first kappa shape index (κ1) is 9.13. The molecule has 0 aromatic rings. The summed E-state index contributed by atoms with van der Waals surface area (Å²) in [6, 6.07) is 0. The quantitative estimate of drug-likeness (QED) is 0.282. The zero-order chi connectivity index (χ0) is 7.28. The van der Waals surface area contributed by atoms with Gasteiger partial charge >= 0.3 is 0 Å². The minimum Gasteiger partial charge on any atom is -0.395 e. The molecule has 0 aromatic carbocycles. The minimum atomic E-state index is -0.600. The maximum Gasteiger partial charge on any atom is 0.121 e. The van der Waals surface area contributed by atoms with Crippen molar-refractivity contribution in [3.8, 4) is 0 Å². The fourth-order valence-corrected chi connectivity index (χ4v) is 0.462. The molecule has 0 saturated carbocycles. The molecule has 1 unspecified atom stereocenters. The van der Waals surface area contributed by atoms with Gasteiger partial charge in [-0.3, -0.25) is 0 Å². The molecule has 0 aliphatic carbocycles. The highest BCUT2D eigenvalue weighted by Crippen LogP contribution is 1.96. The standard InChI is InChI=1S/C4H11ClN2O2/c5-4(3-6)7(9)1-2-8/h4,8-9H,1-3,6H2. The summed E-state index contributed by atoms with van der Waals surface area (Å²) in [5.74, 6) is 0. The van der Waals surface area contributed by atoms with Crippen LogP contribution in [0.2, 0.25) is 0 Å². The Kier molecular flexibility index (Phi) is 5.03. The van der Waals surface area contributed by atoms with Crippen LogP contribution in [0.3, 0.4) is 0 Å². The molecule has 0 radical (unpaired) electrons. The Morgan fingerprint density at radius 3 is 2.56 bits per heavy atom. The third-order valence-electron chi connectivity index (χ3n) is 0.847. The van der Waals surface area contributed by atoms with Crippen molar-refractivity contribution in [3.05, 3.63) is 0 Å². The summed E-state index contributed by atoms with van der Waals surface area (Å²) in [7, 11) is 0. The van der Waals surface area contributed by atoms with Gasteiger partial charge < -0.3 is 16.0 Å². The first-order chi connectivity index (χ1) is 4.22. The summed E-state index contributed by atoms with van der Waals surface area (Å²) < 4.78 is 0. The van der Waals surface area contributed by atoms with Crippen molar-refractivity contribution in [1.29, 1.82) is 0 Å². The third kappa shape index (κ3) is 3.66. The summed E-state index contributed by atoms with van der Waals surface area (Å²) >= 11 is 5.43. The zero-order valence-electron chi connectivity index (χ0n) is 5.00. The molecule has 0 aliphatic rings. The molecule has 1 atom stereocenters. The van der Waals surface area contributed by atoms with Gasteiger partial charge in [-0.25, -0.2) is 0 Å². The Hall–Kier alpha value is 0.130. The van der Waals surface area contributed by atoms with Crippen molar-refractivity contribution in [1.82, 2.24) is 5.06 Å².